The number of hydrogen-bond acceptors (Lipinski definition) is 5. The van der Waals surface area contributed by atoms with Gasteiger partial charge in [0.1, 0.15) is 24.1 Å². The maximum Gasteiger partial charge on any atom is 0.410 e. The summed E-state index contributed by atoms with van der Waals surface area (Å²) in [6.07, 6.45) is -0.213. The minimum Gasteiger partial charge on any atom is -0.487 e. The van der Waals surface area contributed by atoms with E-state index in [1.165, 1.54) is 18.3 Å². The number of likely N-dealkylation sites (tertiary alicyclic amines) is 1. The Hall–Kier alpha value is -2.12. The molecule has 0 saturated carbocycles. The predicted molar refractivity (Wildman–Crippen MR) is 91.8 cm³/mol. The molecule has 2 heterocycles. The van der Waals surface area contributed by atoms with Crippen molar-refractivity contribution in [1.82, 2.24) is 9.88 Å². The third-order valence-corrected chi connectivity index (χ3v) is 3.84. The van der Waals surface area contributed by atoms with Gasteiger partial charge in [-0.1, -0.05) is 0 Å². The lowest BCUT2D eigenvalue weighted by Gasteiger charge is -2.38. The summed E-state index contributed by atoms with van der Waals surface area (Å²) in [7, 11) is 0. The zero-order valence-electron chi connectivity index (χ0n) is 15.6. The Bertz CT molecular complexity index is 607. The van der Waals surface area contributed by atoms with Gasteiger partial charge in [-0.2, -0.15) is 0 Å². The maximum atomic E-state index is 12.4. The second kappa shape index (κ2) is 8.51. The maximum absolute atomic E-state index is 12.4. The van der Waals surface area contributed by atoms with Gasteiger partial charge in [0.2, 0.25) is 5.88 Å². The standard InChI is InChI=1S/C18H26F2N2O4/c1-12-5-6-14(10-22(12)17(23)26-18(2,3)4)25-16-9-13(7-8-21-16)24-11-15(19)20/h7-9,12,14-15H,5-6,10-11H2,1-4H3. The molecule has 1 saturated heterocycles. The molecular weight excluding hydrogens is 346 g/mol. The number of carbonyl (C=O) groups is 1. The summed E-state index contributed by atoms with van der Waals surface area (Å²) in [6.45, 7) is 7.13. The molecule has 26 heavy (non-hydrogen) atoms. The Balaban J connectivity index is 1.97. The molecule has 1 aromatic heterocycles. The summed E-state index contributed by atoms with van der Waals surface area (Å²) in [5.41, 5.74) is -0.567. The van der Waals surface area contributed by atoms with Crippen molar-refractivity contribution in [2.45, 2.75) is 64.7 Å². The highest BCUT2D eigenvalue weighted by molar-refractivity contribution is 5.68. The van der Waals surface area contributed by atoms with Gasteiger partial charge in [-0.05, 0) is 46.6 Å². The number of aromatic nitrogens is 1. The molecule has 1 aliphatic rings. The van der Waals surface area contributed by atoms with Crippen LogP contribution in [-0.2, 0) is 4.74 Å². The van der Waals surface area contributed by atoms with Gasteiger partial charge in [-0.25, -0.2) is 18.6 Å². The molecule has 1 amide bonds. The van der Waals surface area contributed by atoms with E-state index in [2.05, 4.69) is 4.98 Å². The van der Waals surface area contributed by atoms with Crippen LogP contribution in [0.1, 0.15) is 40.5 Å². The predicted octanol–water partition coefficient (Wildman–Crippen LogP) is 3.89. The van der Waals surface area contributed by atoms with Gasteiger partial charge in [-0.15, -0.1) is 0 Å². The number of nitrogens with zero attached hydrogens (tertiary/aromatic N) is 2. The van der Waals surface area contributed by atoms with Gasteiger partial charge in [0.25, 0.3) is 6.43 Å². The molecule has 0 aromatic carbocycles. The molecule has 0 bridgehead atoms. The molecule has 2 unspecified atom stereocenters. The zero-order chi connectivity index (χ0) is 19.3. The third-order valence-electron chi connectivity index (χ3n) is 3.84. The van der Waals surface area contributed by atoms with Crippen molar-refractivity contribution in [1.29, 1.82) is 0 Å². The molecule has 1 aromatic rings. The van der Waals surface area contributed by atoms with E-state index in [9.17, 15) is 13.6 Å². The van der Waals surface area contributed by atoms with E-state index in [1.807, 2.05) is 27.7 Å². The molecule has 0 radical (unpaired) electrons. The minimum absolute atomic E-state index is 0.0540. The fourth-order valence-corrected chi connectivity index (χ4v) is 2.62. The lowest BCUT2D eigenvalue weighted by atomic mass is 10.0. The number of amides is 1. The summed E-state index contributed by atoms with van der Waals surface area (Å²) in [5, 5.41) is 0. The topological polar surface area (TPSA) is 60.9 Å². The molecule has 6 nitrogen and oxygen atoms in total. The highest BCUT2D eigenvalue weighted by Crippen LogP contribution is 2.25. The van der Waals surface area contributed by atoms with Crippen LogP contribution in [0.15, 0.2) is 18.3 Å². The summed E-state index contributed by atoms with van der Waals surface area (Å²) < 4.78 is 40.7. The number of pyridine rings is 1. The average Bonchev–Trinajstić information content (AvgIpc) is 2.53. The van der Waals surface area contributed by atoms with Crippen LogP contribution in [0, 0.1) is 0 Å². The summed E-state index contributed by atoms with van der Waals surface area (Å²) in [6, 6.07) is 3.02. The third kappa shape index (κ3) is 6.31. The van der Waals surface area contributed by atoms with Gasteiger partial charge < -0.3 is 19.1 Å². The Morgan fingerprint density at radius 1 is 1.38 bits per heavy atom. The largest absolute Gasteiger partial charge is 0.487 e. The first-order valence-electron chi connectivity index (χ1n) is 8.67. The second-order valence-corrected chi connectivity index (χ2v) is 7.33. The van der Waals surface area contributed by atoms with Gasteiger partial charge >= 0.3 is 6.09 Å². The van der Waals surface area contributed by atoms with Crippen LogP contribution < -0.4 is 9.47 Å². The fourth-order valence-electron chi connectivity index (χ4n) is 2.62. The smallest absolute Gasteiger partial charge is 0.410 e. The molecule has 2 rings (SSSR count). The minimum atomic E-state index is -2.55. The summed E-state index contributed by atoms with van der Waals surface area (Å²) in [5.74, 6) is 0.545. The highest BCUT2D eigenvalue weighted by atomic mass is 19.3. The number of piperidine rings is 1. The normalized spacial score (nSPS) is 20.8. The second-order valence-electron chi connectivity index (χ2n) is 7.33. The molecule has 8 heteroatoms. The molecule has 146 valence electrons. The van der Waals surface area contributed by atoms with Crippen LogP contribution in [-0.4, -0.2) is 53.3 Å². The van der Waals surface area contributed by atoms with E-state index in [4.69, 9.17) is 14.2 Å². The van der Waals surface area contributed by atoms with Crippen molar-refractivity contribution in [3.63, 3.8) is 0 Å². The molecule has 2 atom stereocenters. The van der Waals surface area contributed by atoms with Crippen molar-refractivity contribution in [3.8, 4) is 11.6 Å². The first-order valence-corrected chi connectivity index (χ1v) is 8.67. The zero-order valence-corrected chi connectivity index (χ0v) is 15.6. The Labute approximate surface area is 152 Å². The molecule has 1 aliphatic heterocycles. The van der Waals surface area contributed by atoms with Crippen LogP contribution in [0.4, 0.5) is 13.6 Å². The number of ether oxygens (including phenoxy) is 3. The van der Waals surface area contributed by atoms with E-state index < -0.39 is 18.6 Å². The average molecular weight is 372 g/mol. The molecule has 1 fully saturated rings. The fraction of sp³-hybridized carbons (Fsp3) is 0.667. The number of hydrogen-bond donors (Lipinski definition) is 0. The van der Waals surface area contributed by atoms with Crippen LogP contribution in [0.2, 0.25) is 0 Å². The molecular formula is C18H26F2N2O4. The first kappa shape index (κ1) is 20.2. The van der Waals surface area contributed by atoms with E-state index in [1.54, 1.807) is 4.90 Å². The lowest BCUT2D eigenvalue weighted by molar-refractivity contribution is -0.00602. The Kier molecular flexibility index (Phi) is 6.61. The van der Waals surface area contributed by atoms with Crippen molar-refractivity contribution < 1.29 is 27.8 Å². The van der Waals surface area contributed by atoms with E-state index in [-0.39, 0.29) is 29.9 Å². The summed E-state index contributed by atoms with van der Waals surface area (Å²) in [4.78, 5) is 18.1. The van der Waals surface area contributed by atoms with Crippen molar-refractivity contribution in [2.24, 2.45) is 0 Å². The number of halogens is 2. The van der Waals surface area contributed by atoms with Gasteiger partial charge in [0.15, 0.2) is 0 Å². The Morgan fingerprint density at radius 2 is 2.12 bits per heavy atom. The van der Waals surface area contributed by atoms with E-state index in [0.29, 0.717) is 6.54 Å². The SMILES string of the molecule is CC1CCC(Oc2cc(OCC(F)F)ccn2)CN1C(=O)OC(C)(C)C. The summed E-state index contributed by atoms with van der Waals surface area (Å²) >= 11 is 0. The Morgan fingerprint density at radius 3 is 2.77 bits per heavy atom. The van der Waals surface area contributed by atoms with Crippen molar-refractivity contribution in [2.75, 3.05) is 13.2 Å². The monoisotopic (exact) mass is 372 g/mol. The van der Waals surface area contributed by atoms with E-state index >= 15 is 0 Å². The molecule has 0 aliphatic carbocycles. The number of carbonyl (C=O) groups excluding carboxylic acids is 1. The number of rotatable bonds is 5. The molecule has 0 N–H and O–H groups in total. The van der Waals surface area contributed by atoms with Gasteiger partial charge in [0.05, 0.1) is 6.54 Å². The van der Waals surface area contributed by atoms with Crippen LogP contribution >= 0.6 is 0 Å². The van der Waals surface area contributed by atoms with Crippen LogP contribution in [0.3, 0.4) is 0 Å². The lowest BCUT2D eigenvalue weighted by Crippen LogP contribution is -2.50. The molecule has 0 spiro atoms. The van der Waals surface area contributed by atoms with Crippen LogP contribution in [0.25, 0.3) is 0 Å². The quantitative estimate of drug-likeness (QED) is 0.785. The first-order chi connectivity index (χ1) is 12.1. The highest BCUT2D eigenvalue weighted by Gasteiger charge is 2.33. The van der Waals surface area contributed by atoms with Crippen LogP contribution in [0.5, 0.6) is 11.6 Å². The van der Waals surface area contributed by atoms with E-state index in [0.717, 1.165) is 12.8 Å². The van der Waals surface area contributed by atoms with Gasteiger partial charge in [0, 0.05) is 18.3 Å². The van der Waals surface area contributed by atoms with Crippen molar-refractivity contribution in [3.05, 3.63) is 18.3 Å². The van der Waals surface area contributed by atoms with Crippen molar-refractivity contribution >= 4 is 6.09 Å². The number of alkyl halides is 2. The van der Waals surface area contributed by atoms with Gasteiger partial charge in [-0.3, -0.25) is 0 Å².